The molecule has 1 fully saturated rings. The van der Waals surface area contributed by atoms with E-state index >= 15 is 0 Å². The predicted molar refractivity (Wildman–Crippen MR) is 143 cm³/mol. The summed E-state index contributed by atoms with van der Waals surface area (Å²) < 4.78 is 0. The number of carbonyl (C=O) groups is 1. The third-order valence-electron chi connectivity index (χ3n) is 8.65. The highest BCUT2D eigenvalue weighted by Gasteiger charge is 2.59. The van der Waals surface area contributed by atoms with E-state index in [0.717, 1.165) is 34.2 Å². The number of rotatable bonds is 9. The lowest BCUT2D eigenvalue weighted by Gasteiger charge is -2.58. The number of fused-ring (bicyclic) bond motifs is 2. The lowest BCUT2D eigenvalue weighted by Crippen LogP contribution is -2.58. The molecule has 0 saturated heterocycles. The summed E-state index contributed by atoms with van der Waals surface area (Å²) in [6.45, 7) is 8.16. The number of anilines is 2. The molecule has 6 atom stereocenters. The van der Waals surface area contributed by atoms with Crippen molar-refractivity contribution in [1.29, 1.82) is 0 Å². The van der Waals surface area contributed by atoms with Gasteiger partial charge in [-0.15, -0.1) is 11.3 Å². The summed E-state index contributed by atoms with van der Waals surface area (Å²) in [6.07, 6.45) is 2.47. The second kappa shape index (κ2) is 10.8. The number of hydrogen-bond donors (Lipinski definition) is 5. The molecule has 0 aliphatic heterocycles. The fourth-order valence-corrected chi connectivity index (χ4v) is 7.65. The Morgan fingerprint density at radius 1 is 1.22 bits per heavy atom. The number of aliphatic hydroxyl groups is 3. The van der Waals surface area contributed by atoms with Crippen LogP contribution in [0.1, 0.15) is 69.9 Å². The number of amides is 1. The van der Waals surface area contributed by atoms with Crippen LogP contribution < -0.4 is 10.6 Å². The molecular formula is C28H41N3O4S. The molecule has 2 aliphatic rings. The van der Waals surface area contributed by atoms with Crippen LogP contribution in [-0.2, 0) is 11.2 Å². The lowest BCUT2D eigenvalue weighted by atomic mass is 9.47. The smallest absolute Gasteiger partial charge is 0.220 e. The maximum atomic E-state index is 13.3. The zero-order valence-electron chi connectivity index (χ0n) is 21.8. The summed E-state index contributed by atoms with van der Waals surface area (Å²) in [5.41, 5.74) is 0.957. The molecule has 0 spiro atoms. The van der Waals surface area contributed by atoms with Gasteiger partial charge in [0.15, 0.2) is 5.13 Å². The minimum Gasteiger partial charge on any atom is -0.396 e. The Bertz CT molecular complexity index is 1040. The van der Waals surface area contributed by atoms with Crippen molar-refractivity contribution in [1.82, 2.24) is 10.3 Å². The van der Waals surface area contributed by atoms with Gasteiger partial charge in [-0.1, -0.05) is 45.9 Å². The van der Waals surface area contributed by atoms with Crippen LogP contribution in [0.4, 0.5) is 10.8 Å². The van der Waals surface area contributed by atoms with Crippen LogP contribution in [0.2, 0.25) is 0 Å². The van der Waals surface area contributed by atoms with E-state index in [1.807, 2.05) is 37.3 Å². The first-order valence-electron chi connectivity index (χ1n) is 13.1. The van der Waals surface area contributed by atoms with E-state index in [0.29, 0.717) is 18.8 Å². The van der Waals surface area contributed by atoms with Crippen LogP contribution in [-0.4, -0.2) is 51.6 Å². The van der Waals surface area contributed by atoms with Crippen LogP contribution in [0.15, 0.2) is 30.3 Å². The van der Waals surface area contributed by atoms with Crippen molar-refractivity contribution in [2.45, 2.75) is 77.9 Å². The van der Waals surface area contributed by atoms with Gasteiger partial charge in [-0.05, 0) is 55.1 Å². The predicted octanol–water partition coefficient (Wildman–Crippen LogP) is 4.22. The molecule has 1 heterocycles. The molecule has 36 heavy (non-hydrogen) atoms. The molecule has 198 valence electrons. The first kappa shape index (κ1) is 27.0. The number of hydrogen-bond acceptors (Lipinski definition) is 7. The van der Waals surface area contributed by atoms with Crippen molar-refractivity contribution >= 4 is 28.1 Å². The molecule has 1 amide bonds. The molecule has 8 heteroatoms. The van der Waals surface area contributed by atoms with Crippen molar-refractivity contribution in [2.24, 2.45) is 22.7 Å². The second-order valence-corrected chi connectivity index (χ2v) is 12.7. The number of aromatic nitrogens is 1. The standard InChI is InChI=1S/C28H41N3O4S/c1-17(2)12-19(15-32)29-24(35)13-20-25-21(36-26(31-25)30-18-8-6-5-7-9-18)14-22-27(20,3)11-10-23(34)28(22,4)16-33/h5-9,17,19-20,22-23,32-34H,10-16H2,1-4H3,(H,29,35)(H,30,31). The van der Waals surface area contributed by atoms with Crippen LogP contribution in [0.3, 0.4) is 0 Å². The van der Waals surface area contributed by atoms with E-state index in [1.54, 1.807) is 11.3 Å². The van der Waals surface area contributed by atoms with Gasteiger partial charge in [-0.25, -0.2) is 4.98 Å². The summed E-state index contributed by atoms with van der Waals surface area (Å²) in [6, 6.07) is 9.64. The Labute approximate surface area is 218 Å². The fourth-order valence-electron chi connectivity index (χ4n) is 6.56. The first-order chi connectivity index (χ1) is 17.1. The number of para-hydroxylation sites is 1. The largest absolute Gasteiger partial charge is 0.396 e. The first-order valence-corrected chi connectivity index (χ1v) is 13.9. The minimum atomic E-state index is -0.651. The number of carbonyl (C=O) groups excluding carboxylic acids is 1. The normalized spacial score (nSPS) is 30.4. The quantitative estimate of drug-likeness (QED) is 0.342. The SMILES string of the molecule is CC(C)CC(CO)NC(=O)CC1c2nc(Nc3ccccc3)sc2CC2C(C)(CO)C(O)CCC12C. The average molecular weight is 516 g/mol. The van der Waals surface area contributed by atoms with Crippen LogP contribution >= 0.6 is 11.3 Å². The third-order valence-corrected chi connectivity index (χ3v) is 9.66. The number of nitrogens with one attached hydrogen (secondary N) is 2. The Hall–Kier alpha value is -2.00. The Morgan fingerprint density at radius 3 is 2.58 bits per heavy atom. The molecule has 4 rings (SSSR count). The summed E-state index contributed by atoms with van der Waals surface area (Å²) >= 11 is 1.60. The van der Waals surface area contributed by atoms with Crippen LogP contribution in [0.5, 0.6) is 0 Å². The minimum absolute atomic E-state index is 0.0124. The third kappa shape index (κ3) is 5.19. The molecule has 2 aromatic rings. The summed E-state index contributed by atoms with van der Waals surface area (Å²) in [5, 5.41) is 38.4. The highest BCUT2D eigenvalue weighted by molar-refractivity contribution is 7.15. The highest BCUT2D eigenvalue weighted by atomic mass is 32.1. The van der Waals surface area contributed by atoms with Gasteiger partial charge in [0.2, 0.25) is 5.91 Å². The van der Waals surface area contributed by atoms with Gasteiger partial charge in [0.1, 0.15) is 0 Å². The van der Waals surface area contributed by atoms with Crippen LogP contribution in [0.25, 0.3) is 0 Å². The average Bonchev–Trinajstić information content (AvgIpc) is 3.25. The molecule has 6 unspecified atom stereocenters. The van der Waals surface area contributed by atoms with E-state index in [4.69, 9.17) is 4.98 Å². The van der Waals surface area contributed by atoms with Gasteiger partial charge in [-0.2, -0.15) is 0 Å². The number of aliphatic hydroxyl groups excluding tert-OH is 3. The van der Waals surface area contributed by atoms with Crippen molar-refractivity contribution in [3.05, 3.63) is 40.9 Å². The molecule has 1 saturated carbocycles. The number of nitrogens with zero attached hydrogens (tertiary/aromatic N) is 1. The molecule has 7 nitrogen and oxygen atoms in total. The van der Waals surface area contributed by atoms with Crippen molar-refractivity contribution in [2.75, 3.05) is 18.5 Å². The molecule has 0 bridgehead atoms. The topological polar surface area (TPSA) is 115 Å². The van der Waals surface area contributed by atoms with Gasteiger partial charge in [0.25, 0.3) is 0 Å². The van der Waals surface area contributed by atoms with Crippen molar-refractivity contribution < 1.29 is 20.1 Å². The summed E-state index contributed by atoms with van der Waals surface area (Å²) in [5.74, 6) is 0.139. The molecular weight excluding hydrogens is 474 g/mol. The second-order valence-electron chi connectivity index (χ2n) is 11.6. The Kier molecular flexibility index (Phi) is 8.10. The number of benzene rings is 1. The molecule has 0 radical (unpaired) electrons. The maximum absolute atomic E-state index is 13.3. The van der Waals surface area contributed by atoms with E-state index in [9.17, 15) is 20.1 Å². The number of thiazole rings is 1. The van der Waals surface area contributed by atoms with Gasteiger partial charge in [0.05, 0.1) is 31.1 Å². The molecule has 5 N–H and O–H groups in total. The van der Waals surface area contributed by atoms with E-state index in [2.05, 4.69) is 31.4 Å². The highest BCUT2D eigenvalue weighted by Crippen LogP contribution is 2.62. The van der Waals surface area contributed by atoms with Gasteiger partial charge in [-0.3, -0.25) is 4.79 Å². The Balaban J connectivity index is 1.68. The van der Waals surface area contributed by atoms with Gasteiger partial charge in [0, 0.05) is 28.3 Å². The fraction of sp³-hybridized carbons (Fsp3) is 0.643. The van der Waals surface area contributed by atoms with E-state index < -0.39 is 11.5 Å². The zero-order chi connectivity index (χ0) is 26.1. The van der Waals surface area contributed by atoms with E-state index in [1.165, 1.54) is 0 Å². The van der Waals surface area contributed by atoms with Gasteiger partial charge >= 0.3 is 0 Å². The molecule has 1 aromatic heterocycles. The van der Waals surface area contributed by atoms with Gasteiger partial charge < -0.3 is 26.0 Å². The summed E-state index contributed by atoms with van der Waals surface area (Å²) in [4.78, 5) is 19.4. The zero-order valence-corrected chi connectivity index (χ0v) is 22.6. The van der Waals surface area contributed by atoms with E-state index in [-0.39, 0.29) is 48.8 Å². The van der Waals surface area contributed by atoms with Crippen molar-refractivity contribution in [3.8, 4) is 0 Å². The summed E-state index contributed by atoms with van der Waals surface area (Å²) in [7, 11) is 0. The molecule has 1 aromatic carbocycles. The molecule has 2 aliphatic carbocycles. The lowest BCUT2D eigenvalue weighted by molar-refractivity contribution is -0.144. The van der Waals surface area contributed by atoms with Crippen molar-refractivity contribution in [3.63, 3.8) is 0 Å². The monoisotopic (exact) mass is 515 g/mol. The Morgan fingerprint density at radius 2 is 1.94 bits per heavy atom. The maximum Gasteiger partial charge on any atom is 0.220 e. The van der Waals surface area contributed by atoms with Crippen LogP contribution in [0, 0.1) is 22.7 Å².